The van der Waals surface area contributed by atoms with Crippen LogP contribution < -0.4 is 0 Å². The lowest BCUT2D eigenvalue weighted by Crippen LogP contribution is -2.29. The summed E-state index contributed by atoms with van der Waals surface area (Å²) in [7, 11) is 0. The molecule has 0 aliphatic carbocycles. The molecule has 2 nitrogen and oxygen atoms in total. The highest BCUT2D eigenvalue weighted by Crippen LogP contribution is 2.25. The van der Waals surface area contributed by atoms with Gasteiger partial charge in [0.2, 0.25) is 5.91 Å². The van der Waals surface area contributed by atoms with Crippen molar-refractivity contribution in [2.75, 3.05) is 13.1 Å². The summed E-state index contributed by atoms with van der Waals surface area (Å²) < 4.78 is 0. The third-order valence-corrected chi connectivity index (χ3v) is 3.06. The third kappa shape index (κ3) is 4.58. The normalized spacial score (nSPS) is 10.4. The largest absolute Gasteiger partial charge is 0.332 e. The number of nitrogens with zero attached hydrogens (tertiary/aromatic N) is 1. The third-order valence-electron chi connectivity index (χ3n) is 2.40. The topological polar surface area (TPSA) is 20.3 Å². The van der Waals surface area contributed by atoms with E-state index in [0.717, 1.165) is 0 Å². The molecule has 0 aliphatic heterocycles. The summed E-state index contributed by atoms with van der Waals surface area (Å²) in [5, 5.41) is 1.02. The number of hydrogen-bond acceptors (Lipinski definition) is 1. The SMILES string of the molecule is C=CCN(CC=C)C(=O)C=Cc1c(Cl)cccc1Cl. The van der Waals surface area contributed by atoms with E-state index in [1.807, 2.05) is 0 Å². The van der Waals surface area contributed by atoms with Crippen LogP contribution in [0.25, 0.3) is 6.08 Å². The second-order valence-corrected chi connectivity index (χ2v) is 4.60. The van der Waals surface area contributed by atoms with E-state index in [9.17, 15) is 4.79 Å². The second-order valence-electron chi connectivity index (χ2n) is 3.79. The monoisotopic (exact) mass is 295 g/mol. The molecule has 0 heterocycles. The van der Waals surface area contributed by atoms with Crippen LogP contribution in [0.15, 0.2) is 49.6 Å². The predicted octanol–water partition coefficient (Wildman–Crippen LogP) is 4.21. The first-order chi connectivity index (χ1) is 9.10. The molecule has 0 N–H and O–H groups in total. The summed E-state index contributed by atoms with van der Waals surface area (Å²) in [4.78, 5) is 13.6. The van der Waals surface area contributed by atoms with E-state index in [1.54, 1.807) is 41.3 Å². The smallest absolute Gasteiger partial charge is 0.247 e. The van der Waals surface area contributed by atoms with Gasteiger partial charge in [-0.2, -0.15) is 0 Å². The van der Waals surface area contributed by atoms with Gasteiger partial charge in [0.25, 0.3) is 0 Å². The summed E-state index contributed by atoms with van der Waals surface area (Å²) in [5.41, 5.74) is 0.635. The van der Waals surface area contributed by atoms with Crippen molar-refractivity contribution in [3.8, 4) is 0 Å². The Morgan fingerprint density at radius 2 is 1.68 bits per heavy atom. The first-order valence-corrected chi connectivity index (χ1v) is 6.48. The second kappa shape index (κ2) is 7.82. The molecule has 0 aliphatic rings. The van der Waals surface area contributed by atoms with Gasteiger partial charge in [0.05, 0.1) is 0 Å². The minimum atomic E-state index is -0.143. The Balaban J connectivity index is 2.87. The fraction of sp³-hybridized carbons (Fsp3) is 0.133. The zero-order chi connectivity index (χ0) is 14.3. The van der Waals surface area contributed by atoms with E-state index < -0.39 is 0 Å². The van der Waals surface area contributed by atoms with Crippen molar-refractivity contribution in [3.63, 3.8) is 0 Å². The Bertz CT molecular complexity index is 479. The fourth-order valence-corrected chi connectivity index (χ4v) is 2.02. The first-order valence-electron chi connectivity index (χ1n) is 5.73. The zero-order valence-electron chi connectivity index (χ0n) is 10.5. The summed E-state index contributed by atoms with van der Waals surface area (Å²) in [6.45, 7) is 8.16. The molecule has 0 bridgehead atoms. The number of rotatable bonds is 6. The lowest BCUT2D eigenvalue weighted by Gasteiger charge is -2.16. The van der Waals surface area contributed by atoms with Crippen molar-refractivity contribution < 1.29 is 4.79 Å². The van der Waals surface area contributed by atoms with Crippen LogP contribution >= 0.6 is 23.2 Å². The molecule has 19 heavy (non-hydrogen) atoms. The van der Waals surface area contributed by atoms with Crippen LogP contribution in [-0.4, -0.2) is 23.9 Å². The number of amides is 1. The Hall–Kier alpha value is -1.51. The van der Waals surface area contributed by atoms with Crippen LogP contribution in [0.2, 0.25) is 10.0 Å². The van der Waals surface area contributed by atoms with Crippen molar-refractivity contribution in [1.82, 2.24) is 4.90 Å². The number of carbonyl (C=O) groups is 1. The van der Waals surface area contributed by atoms with Gasteiger partial charge >= 0.3 is 0 Å². The Morgan fingerprint density at radius 1 is 1.16 bits per heavy atom. The molecular weight excluding hydrogens is 281 g/mol. The van der Waals surface area contributed by atoms with Gasteiger partial charge in [0.1, 0.15) is 0 Å². The molecule has 0 unspecified atom stereocenters. The molecule has 0 spiro atoms. The number of hydrogen-bond donors (Lipinski definition) is 0. The molecular formula is C15H15Cl2NO. The molecule has 4 heteroatoms. The van der Waals surface area contributed by atoms with E-state index in [1.165, 1.54) is 6.08 Å². The predicted molar refractivity (Wildman–Crippen MR) is 82.5 cm³/mol. The fourth-order valence-electron chi connectivity index (χ4n) is 1.50. The van der Waals surface area contributed by atoms with Gasteiger partial charge in [-0.3, -0.25) is 4.79 Å². The van der Waals surface area contributed by atoms with E-state index >= 15 is 0 Å². The quantitative estimate of drug-likeness (QED) is 0.569. The molecule has 1 aromatic carbocycles. The standard InChI is InChI=1S/C15H15Cl2NO/c1-3-10-18(11-4-2)15(19)9-8-12-13(16)6-5-7-14(12)17/h3-9H,1-2,10-11H2. The molecule has 0 saturated carbocycles. The summed E-state index contributed by atoms with van der Waals surface area (Å²) in [6, 6.07) is 5.21. The van der Waals surface area contributed by atoms with E-state index in [0.29, 0.717) is 28.7 Å². The van der Waals surface area contributed by atoms with Crippen LogP contribution in [0.1, 0.15) is 5.56 Å². The van der Waals surface area contributed by atoms with Gasteiger partial charge in [-0.05, 0) is 18.2 Å². The van der Waals surface area contributed by atoms with Crippen LogP contribution in [0.4, 0.5) is 0 Å². The minimum Gasteiger partial charge on any atom is -0.332 e. The Kier molecular flexibility index (Phi) is 6.40. The lowest BCUT2D eigenvalue weighted by atomic mass is 10.2. The van der Waals surface area contributed by atoms with E-state index in [2.05, 4.69) is 13.2 Å². The maximum Gasteiger partial charge on any atom is 0.247 e. The van der Waals surface area contributed by atoms with Crippen molar-refractivity contribution in [1.29, 1.82) is 0 Å². The Morgan fingerprint density at radius 3 is 2.16 bits per heavy atom. The first kappa shape index (κ1) is 15.5. The number of benzene rings is 1. The molecule has 100 valence electrons. The summed E-state index contributed by atoms with van der Waals surface area (Å²) in [6.07, 6.45) is 6.39. The van der Waals surface area contributed by atoms with Crippen LogP contribution in [0.5, 0.6) is 0 Å². The van der Waals surface area contributed by atoms with E-state index in [-0.39, 0.29) is 5.91 Å². The van der Waals surface area contributed by atoms with Gasteiger partial charge in [0.15, 0.2) is 0 Å². The average Bonchev–Trinajstić information content (AvgIpc) is 2.37. The van der Waals surface area contributed by atoms with Gasteiger partial charge in [-0.1, -0.05) is 41.4 Å². The van der Waals surface area contributed by atoms with Crippen LogP contribution in [0, 0.1) is 0 Å². The highest BCUT2D eigenvalue weighted by atomic mass is 35.5. The lowest BCUT2D eigenvalue weighted by molar-refractivity contribution is -0.124. The molecule has 1 amide bonds. The molecule has 1 aromatic rings. The number of carbonyl (C=O) groups excluding carboxylic acids is 1. The summed E-state index contributed by atoms with van der Waals surface area (Å²) >= 11 is 12.0. The molecule has 0 fully saturated rings. The molecule has 0 atom stereocenters. The highest BCUT2D eigenvalue weighted by molar-refractivity contribution is 6.37. The summed E-state index contributed by atoms with van der Waals surface area (Å²) in [5.74, 6) is -0.143. The highest BCUT2D eigenvalue weighted by Gasteiger charge is 2.07. The maximum absolute atomic E-state index is 12.0. The molecule has 0 radical (unpaired) electrons. The van der Waals surface area contributed by atoms with Gasteiger partial charge in [-0.25, -0.2) is 0 Å². The van der Waals surface area contributed by atoms with Crippen LogP contribution in [0.3, 0.4) is 0 Å². The Labute approximate surface area is 123 Å². The van der Waals surface area contributed by atoms with Gasteiger partial charge in [-0.15, -0.1) is 13.2 Å². The molecule has 0 saturated heterocycles. The minimum absolute atomic E-state index is 0.143. The average molecular weight is 296 g/mol. The van der Waals surface area contributed by atoms with Gasteiger partial charge in [0, 0.05) is 34.8 Å². The van der Waals surface area contributed by atoms with Crippen molar-refractivity contribution in [2.24, 2.45) is 0 Å². The molecule has 1 rings (SSSR count). The van der Waals surface area contributed by atoms with Crippen molar-refractivity contribution in [2.45, 2.75) is 0 Å². The number of halogens is 2. The van der Waals surface area contributed by atoms with Crippen LogP contribution in [-0.2, 0) is 4.79 Å². The maximum atomic E-state index is 12.0. The van der Waals surface area contributed by atoms with Gasteiger partial charge < -0.3 is 4.90 Å². The molecule has 0 aromatic heterocycles. The zero-order valence-corrected chi connectivity index (χ0v) is 12.0. The van der Waals surface area contributed by atoms with Crippen molar-refractivity contribution >= 4 is 35.2 Å². The van der Waals surface area contributed by atoms with E-state index in [4.69, 9.17) is 23.2 Å². The van der Waals surface area contributed by atoms with Crippen molar-refractivity contribution in [3.05, 3.63) is 65.2 Å².